The van der Waals surface area contributed by atoms with Crippen molar-refractivity contribution in [1.29, 1.82) is 0 Å². The van der Waals surface area contributed by atoms with Crippen LogP contribution in [0.1, 0.15) is 40.5 Å². The van der Waals surface area contributed by atoms with Gasteiger partial charge in [-0.05, 0) is 27.2 Å². The van der Waals surface area contributed by atoms with Gasteiger partial charge < -0.3 is 18.0 Å². The van der Waals surface area contributed by atoms with E-state index in [9.17, 15) is 0 Å². The number of hydrogen-bond donors (Lipinski definition) is 0. The van der Waals surface area contributed by atoms with Crippen LogP contribution in [-0.2, 0) is 18.0 Å². The van der Waals surface area contributed by atoms with E-state index in [0.717, 1.165) is 19.4 Å². The van der Waals surface area contributed by atoms with Gasteiger partial charge in [0.15, 0.2) is 0 Å². The average Bonchev–Trinajstić information content (AvgIpc) is 2.27. The van der Waals surface area contributed by atoms with Gasteiger partial charge in [-0.1, -0.05) is 13.3 Å². The molecule has 1 atom stereocenters. The van der Waals surface area contributed by atoms with E-state index in [2.05, 4.69) is 6.92 Å². The van der Waals surface area contributed by atoms with Crippen molar-refractivity contribution in [3.05, 3.63) is 0 Å². The van der Waals surface area contributed by atoms with E-state index in [0.29, 0.717) is 19.8 Å². The second kappa shape index (κ2) is 11.5. The van der Waals surface area contributed by atoms with Crippen LogP contribution in [0.5, 0.6) is 0 Å². The fraction of sp³-hybridized carbons (Fsp3) is 1.00. The number of rotatable bonds is 11. The van der Waals surface area contributed by atoms with Crippen LogP contribution in [0.2, 0.25) is 0 Å². The van der Waals surface area contributed by atoms with E-state index in [1.54, 1.807) is 0 Å². The highest BCUT2D eigenvalue weighted by atomic mass is 28.3. The molecular weight excluding hydrogens is 224 g/mol. The Kier molecular flexibility index (Phi) is 11.6. The highest BCUT2D eigenvalue weighted by Crippen LogP contribution is 1.99. The highest BCUT2D eigenvalue weighted by Gasteiger charge is 2.15. The van der Waals surface area contributed by atoms with Crippen molar-refractivity contribution < 1.29 is 18.0 Å². The molecule has 0 amide bonds. The van der Waals surface area contributed by atoms with Gasteiger partial charge >= 0.3 is 9.53 Å². The molecule has 16 heavy (non-hydrogen) atoms. The molecule has 0 aliphatic carbocycles. The Morgan fingerprint density at radius 2 is 1.62 bits per heavy atom. The molecule has 4 nitrogen and oxygen atoms in total. The lowest BCUT2D eigenvalue weighted by molar-refractivity contribution is 0.00657. The Labute approximate surface area is 101 Å². The lowest BCUT2D eigenvalue weighted by Gasteiger charge is -2.18. The van der Waals surface area contributed by atoms with Crippen molar-refractivity contribution >= 4 is 9.53 Å². The van der Waals surface area contributed by atoms with Crippen LogP contribution in [-0.4, -0.2) is 42.1 Å². The van der Waals surface area contributed by atoms with Gasteiger partial charge in [0.05, 0.1) is 12.7 Å². The van der Waals surface area contributed by atoms with Crippen LogP contribution in [0.15, 0.2) is 0 Å². The topological polar surface area (TPSA) is 36.9 Å². The number of ether oxygens (including phenoxy) is 1. The molecule has 0 heterocycles. The van der Waals surface area contributed by atoms with Gasteiger partial charge in [0.1, 0.15) is 0 Å². The minimum absolute atomic E-state index is 0.113. The van der Waals surface area contributed by atoms with E-state index < -0.39 is 9.53 Å². The van der Waals surface area contributed by atoms with Crippen molar-refractivity contribution in [2.24, 2.45) is 0 Å². The molecule has 1 unspecified atom stereocenters. The van der Waals surface area contributed by atoms with Gasteiger partial charge in [0.2, 0.25) is 0 Å². The van der Waals surface area contributed by atoms with Crippen molar-refractivity contribution in [2.75, 3.05) is 26.4 Å². The summed E-state index contributed by atoms with van der Waals surface area (Å²) in [6.07, 6.45) is 2.37. The minimum Gasteiger partial charge on any atom is -0.376 e. The normalized spacial score (nSPS) is 13.3. The third-order valence-corrected chi connectivity index (χ3v) is 3.65. The predicted molar refractivity (Wildman–Crippen MR) is 66.7 cm³/mol. The van der Waals surface area contributed by atoms with Crippen LogP contribution in [0.3, 0.4) is 0 Å². The van der Waals surface area contributed by atoms with Crippen LogP contribution in [0.4, 0.5) is 0 Å². The summed E-state index contributed by atoms with van der Waals surface area (Å²) in [5.41, 5.74) is 0. The maximum absolute atomic E-state index is 5.58. The molecule has 0 spiro atoms. The maximum Gasteiger partial charge on any atom is 0.484 e. The van der Waals surface area contributed by atoms with Crippen LogP contribution in [0, 0.1) is 0 Å². The summed E-state index contributed by atoms with van der Waals surface area (Å²) in [4.78, 5) is 0. The van der Waals surface area contributed by atoms with E-state index >= 15 is 0 Å². The zero-order valence-corrected chi connectivity index (χ0v) is 12.2. The van der Waals surface area contributed by atoms with E-state index in [1.165, 1.54) is 0 Å². The molecular formula is C11H26O4Si. The first-order valence-corrected chi connectivity index (χ1v) is 7.62. The Morgan fingerprint density at radius 1 is 1.00 bits per heavy atom. The van der Waals surface area contributed by atoms with Crippen molar-refractivity contribution in [2.45, 2.75) is 46.6 Å². The summed E-state index contributed by atoms with van der Waals surface area (Å²) in [5, 5.41) is 0. The quantitative estimate of drug-likeness (QED) is 0.415. The highest BCUT2D eigenvalue weighted by molar-refractivity contribution is 6.36. The molecule has 0 fully saturated rings. The molecule has 0 aromatic rings. The third kappa shape index (κ3) is 9.29. The van der Waals surface area contributed by atoms with Crippen molar-refractivity contribution in [1.82, 2.24) is 0 Å². The summed E-state index contributed by atoms with van der Waals surface area (Å²) in [6, 6.07) is 0. The summed E-state index contributed by atoms with van der Waals surface area (Å²) in [5.74, 6) is 0. The molecule has 0 N–H and O–H groups in total. The smallest absolute Gasteiger partial charge is 0.376 e. The number of hydrogen-bond acceptors (Lipinski definition) is 4. The summed E-state index contributed by atoms with van der Waals surface area (Å²) in [6.45, 7) is 10.7. The summed E-state index contributed by atoms with van der Waals surface area (Å²) in [7, 11) is -1.91. The average molecular weight is 250 g/mol. The van der Waals surface area contributed by atoms with Crippen LogP contribution >= 0.6 is 0 Å². The molecule has 0 aromatic heterocycles. The Morgan fingerprint density at radius 3 is 2.12 bits per heavy atom. The van der Waals surface area contributed by atoms with Gasteiger partial charge in [-0.15, -0.1) is 0 Å². The van der Waals surface area contributed by atoms with Gasteiger partial charge in [-0.3, -0.25) is 0 Å². The lowest BCUT2D eigenvalue weighted by atomic mass is 10.3. The first kappa shape index (κ1) is 16.1. The molecule has 98 valence electrons. The van der Waals surface area contributed by atoms with Gasteiger partial charge in [0, 0.05) is 19.8 Å². The predicted octanol–water partition coefficient (Wildman–Crippen LogP) is 2.00. The van der Waals surface area contributed by atoms with Gasteiger partial charge in [-0.25, -0.2) is 0 Å². The maximum atomic E-state index is 5.58. The Bertz CT molecular complexity index is 140. The fourth-order valence-electron chi connectivity index (χ4n) is 1.11. The summed E-state index contributed by atoms with van der Waals surface area (Å²) >= 11 is 0. The van der Waals surface area contributed by atoms with Gasteiger partial charge in [-0.2, -0.15) is 0 Å². The monoisotopic (exact) mass is 250 g/mol. The van der Waals surface area contributed by atoms with Crippen molar-refractivity contribution in [3.63, 3.8) is 0 Å². The molecule has 0 saturated carbocycles. The Hall–Kier alpha value is 0.0569. The first-order chi connectivity index (χ1) is 7.74. The van der Waals surface area contributed by atoms with Gasteiger partial charge in [0.25, 0.3) is 0 Å². The number of unbranched alkanes of at least 4 members (excludes halogenated alkanes) is 1. The zero-order valence-electron chi connectivity index (χ0n) is 11.0. The molecule has 0 rings (SSSR count). The van der Waals surface area contributed by atoms with Crippen LogP contribution < -0.4 is 0 Å². The summed E-state index contributed by atoms with van der Waals surface area (Å²) < 4.78 is 22.0. The standard InChI is InChI=1S/C11H26O4Si/c1-5-8-9-12-11(4)10-15-16(13-6-2)14-7-3/h11,16H,5-10H2,1-4H3. The second-order valence-electron chi connectivity index (χ2n) is 3.57. The zero-order chi connectivity index (χ0) is 12.2. The Balaban J connectivity index is 3.56. The lowest BCUT2D eigenvalue weighted by Crippen LogP contribution is -2.31. The van der Waals surface area contributed by atoms with E-state index in [4.69, 9.17) is 18.0 Å². The molecule has 0 aromatic carbocycles. The van der Waals surface area contributed by atoms with Crippen LogP contribution in [0.25, 0.3) is 0 Å². The van der Waals surface area contributed by atoms with Crippen molar-refractivity contribution in [3.8, 4) is 0 Å². The van der Waals surface area contributed by atoms with E-state index in [1.807, 2.05) is 20.8 Å². The molecule has 0 radical (unpaired) electrons. The largest absolute Gasteiger partial charge is 0.484 e. The molecule has 5 heteroatoms. The minimum atomic E-state index is -1.91. The van der Waals surface area contributed by atoms with E-state index in [-0.39, 0.29) is 6.10 Å². The SMILES string of the molecule is CCCCOC(C)CO[SiH](OCC)OCC. The molecule has 0 bridgehead atoms. The molecule has 0 saturated heterocycles. The molecule has 0 aliphatic heterocycles. The molecule has 0 aliphatic rings. The second-order valence-corrected chi connectivity index (χ2v) is 5.15. The fourth-order valence-corrected chi connectivity index (χ4v) is 2.37. The first-order valence-electron chi connectivity index (χ1n) is 6.20. The third-order valence-electron chi connectivity index (χ3n) is 1.97.